The van der Waals surface area contributed by atoms with E-state index in [1.165, 1.54) is 6.92 Å². The van der Waals surface area contributed by atoms with Crippen LogP contribution < -0.4 is 37.2 Å². The first-order valence-electron chi connectivity index (χ1n) is 24.7. The second-order valence-corrected chi connectivity index (χ2v) is 21.9. The molecule has 0 aliphatic carbocycles. The minimum atomic E-state index is -1.21. The first-order valence-corrected chi connectivity index (χ1v) is 28.1. The number of thioether (sulfide) groups is 2. The summed E-state index contributed by atoms with van der Waals surface area (Å²) >= 11 is 3.48. The number of nitrogens with zero attached hydrogens (tertiary/aromatic N) is 3. The van der Waals surface area contributed by atoms with Crippen molar-refractivity contribution in [2.45, 2.75) is 178 Å². The summed E-state index contributed by atoms with van der Waals surface area (Å²) in [5.74, 6) is -0.312. The van der Waals surface area contributed by atoms with Crippen molar-refractivity contribution in [1.29, 1.82) is 0 Å². The van der Waals surface area contributed by atoms with Crippen LogP contribution in [0.15, 0.2) is 5.11 Å². The maximum absolute atomic E-state index is 13.0. The molecule has 0 aromatic rings. The molecule has 0 spiro atoms. The van der Waals surface area contributed by atoms with Crippen LogP contribution in [0.5, 0.6) is 0 Å². The van der Waals surface area contributed by atoms with Crippen LogP contribution in [0.4, 0.5) is 4.79 Å². The first kappa shape index (κ1) is 61.3. The Balaban J connectivity index is 1.45. The van der Waals surface area contributed by atoms with Crippen LogP contribution in [0.3, 0.4) is 0 Å². The number of aliphatic carboxylic acids is 1. The summed E-state index contributed by atoms with van der Waals surface area (Å²) in [6.07, 6.45) is 10.5. The summed E-state index contributed by atoms with van der Waals surface area (Å²) in [7, 11) is -1.21. The number of nitrogens with one attached hydrogen (secondary N) is 7. The number of unbranched alkanes of at least 4 members (excludes halogenated alkanes) is 6. The third kappa shape index (κ3) is 28.6. The lowest BCUT2D eigenvalue weighted by molar-refractivity contribution is -0.142. The highest BCUT2D eigenvalue weighted by Gasteiger charge is 2.42. The van der Waals surface area contributed by atoms with E-state index in [1.807, 2.05) is 39.5 Å². The van der Waals surface area contributed by atoms with Crippen LogP contribution in [0.25, 0.3) is 10.4 Å². The standard InChI is InChI=1S/C45H82N10O11S2Si/c1-31(2)39(50-32(3)56)42(60)52-33(17-11-14-24-49-55-46)41(59)48-23-12-6-7-15-26-65-69-66-45(4,5)30-64-25-16-27-67-28-21-38(58)51-34(43(61)62)18-10-13-22-47-37(57)20-9-8-19-36-40-35(29-68-36)53-44(63)54-40/h31,33-36,39-40H,6-30,69H2,1-5H3,(H,47,57)(H,48,59)(H,50,56)(H,51,58)(H,52,60)(H,61,62)(H2,53,54,63)/t33-,34-,35?,36?,39-,40?/m1/s1. The molecule has 24 heteroatoms. The molecule has 2 heterocycles. The second kappa shape index (κ2) is 36.2. The Morgan fingerprint density at radius 2 is 1.58 bits per heavy atom. The zero-order chi connectivity index (χ0) is 50.9. The molecule has 3 unspecified atom stereocenters. The van der Waals surface area contributed by atoms with E-state index in [4.69, 9.17) is 19.1 Å². The molecule has 7 amide bonds. The number of hydrogen-bond donors (Lipinski definition) is 8. The molecular weight excluding hydrogens is 949 g/mol. The first-order chi connectivity index (χ1) is 33.0. The third-order valence-electron chi connectivity index (χ3n) is 11.5. The summed E-state index contributed by atoms with van der Waals surface area (Å²) in [6.45, 7) is 11.7. The minimum absolute atomic E-state index is 0.0231. The molecule has 2 saturated heterocycles. The SMILES string of the molecule is CC(=O)N[C@@H](C(=O)N[C@H](CCCCN=[N+]=[N-])C(=O)NCCCCCCO[SiH2]OC(C)(C)COCCCSCCC(=O)N[C@H](CCCCNC(=O)CCCCC1SCC2NC(=O)NC21)C(=O)O)C(C)C. The number of carboxylic acid groups (broad SMARTS) is 1. The number of carboxylic acids is 1. The molecule has 2 aliphatic heterocycles. The van der Waals surface area contributed by atoms with Gasteiger partial charge in [-0.25, -0.2) is 9.59 Å². The van der Waals surface area contributed by atoms with E-state index in [0.717, 1.165) is 62.9 Å². The van der Waals surface area contributed by atoms with Gasteiger partial charge in [0.05, 0.1) is 24.3 Å². The molecule has 0 radical (unpaired) electrons. The van der Waals surface area contributed by atoms with Crippen LogP contribution >= 0.6 is 23.5 Å². The quantitative estimate of drug-likeness (QED) is 0.0108. The summed E-state index contributed by atoms with van der Waals surface area (Å²) in [5, 5.41) is 33.4. The van der Waals surface area contributed by atoms with Gasteiger partial charge >= 0.3 is 22.0 Å². The molecule has 2 rings (SSSR count). The van der Waals surface area contributed by atoms with Crippen LogP contribution in [0, 0.1) is 5.92 Å². The molecule has 0 aromatic carbocycles. The normalized spacial score (nSPS) is 17.8. The van der Waals surface area contributed by atoms with E-state index in [2.05, 4.69) is 47.2 Å². The van der Waals surface area contributed by atoms with Crippen molar-refractivity contribution in [3.63, 3.8) is 0 Å². The molecule has 0 aromatic heterocycles. The molecule has 394 valence electrons. The fourth-order valence-corrected chi connectivity index (χ4v) is 10.8. The predicted octanol–water partition coefficient (Wildman–Crippen LogP) is 3.71. The van der Waals surface area contributed by atoms with Gasteiger partial charge in [0.25, 0.3) is 0 Å². The molecule has 2 fully saturated rings. The summed E-state index contributed by atoms with van der Waals surface area (Å²) in [5.41, 5.74) is 8.03. The van der Waals surface area contributed by atoms with Crippen molar-refractivity contribution in [1.82, 2.24) is 37.2 Å². The Bertz CT molecular complexity index is 1630. The molecule has 21 nitrogen and oxygen atoms in total. The number of rotatable bonds is 41. The smallest absolute Gasteiger partial charge is 0.326 e. The van der Waals surface area contributed by atoms with Gasteiger partial charge in [0.1, 0.15) is 18.1 Å². The van der Waals surface area contributed by atoms with Crippen molar-refractivity contribution in [2.24, 2.45) is 11.0 Å². The number of azide groups is 1. The maximum atomic E-state index is 13.0. The van der Waals surface area contributed by atoms with E-state index in [-0.39, 0.29) is 60.5 Å². The lowest BCUT2D eigenvalue weighted by atomic mass is 10.0. The van der Waals surface area contributed by atoms with E-state index in [9.17, 15) is 38.7 Å². The number of carbonyl (C=O) groups is 7. The summed E-state index contributed by atoms with van der Waals surface area (Å²) in [6, 6.07) is -2.23. The predicted molar refractivity (Wildman–Crippen MR) is 271 cm³/mol. The largest absolute Gasteiger partial charge is 0.480 e. The summed E-state index contributed by atoms with van der Waals surface area (Å²) < 4.78 is 17.7. The van der Waals surface area contributed by atoms with Gasteiger partial charge in [-0.1, -0.05) is 44.6 Å². The van der Waals surface area contributed by atoms with Gasteiger partial charge in [0.2, 0.25) is 29.5 Å². The van der Waals surface area contributed by atoms with E-state index in [0.29, 0.717) is 89.0 Å². The fourth-order valence-electron chi connectivity index (χ4n) is 7.61. The van der Waals surface area contributed by atoms with Gasteiger partial charge in [-0.3, -0.25) is 24.0 Å². The third-order valence-corrected chi connectivity index (χ3v) is 15.4. The van der Waals surface area contributed by atoms with Crippen LogP contribution in [0.1, 0.15) is 137 Å². The van der Waals surface area contributed by atoms with Gasteiger partial charge in [-0.15, -0.1) is 0 Å². The van der Waals surface area contributed by atoms with Gasteiger partial charge in [-0.2, -0.15) is 23.5 Å². The lowest BCUT2D eigenvalue weighted by Crippen LogP contribution is -2.55. The Morgan fingerprint density at radius 3 is 2.32 bits per heavy atom. The molecule has 8 N–H and O–H groups in total. The Morgan fingerprint density at radius 1 is 0.855 bits per heavy atom. The summed E-state index contributed by atoms with van der Waals surface area (Å²) in [4.78, 5) is 88.4. The topological polar surface area (TPSA) is 300 Å². The van der Waals surface area contributed by atoms with E-state index >= 15 is 0 Å². The maximum Gasteiger partial charge on any atom is 0.326 e. The van der Waals surface area contributed by atoms with Crippen molar-refractivity contribution in [2.75, 3.05) is 56.7 Å². The van der Waals surface area contributed by atoms with Gasteiger partial charge < -0.3 is 55.9 Å². The average molecular weight is 1030 g/mol. The highest BCUT2D eigenvalue weighted by Crippen LogP contribution is 2.33. The highest BCUT2D eigenvalue weighted by molar-refractivity contribution is 8.00. The molecule has 0 saturated carbocycles. The highest BCUT2D eigenvalue weighted by atomic mass is 32.2. The van der Waals surface area contributed by atoms with Crippen molar-refractivity contribution in [3.8, 4) is 0 Å². The van der Waals surface area contributed by atoms with Crippen LogP contribution in [-0.2, 0) is 42.4 Å². The zero-order valence-electron chi connectivity index (χ0n) is 41.6. The van der Waals surface area contributed by atoms with E-state index < -0.39 is 45.6 Å². The van der Waals surface area contributed by atoms with Gasteiger partial charge in [-0.05, 0) is 95.3 Å². The van der Waals surface area contributed by atoms with Crippen LogP contribution in [0.2, 0.25) is 0 Å². The monoisotopic (exact) mass is 1030 g/mol. The molecule has 69 heavy (non-hydrogen) atoms. The van der Waals surface area contributed by atoms with Crippen LogP contribution in [-0.4, -0.2) is 154 Å². The fraction of sp³-hybridized carbons (Fsp3) is 0.844. The number of urea groups is 1. The zero-order valence-corrected chi connectivity index (χ0v) is 44.7. The number of hydrogen-bond acceptors (Lipinski definition) is 13. The lowest BCUT2D eigenvalue weighted by Gasteiger charge is -2.25. The number of carbonyl (C=O) groups excluding carboxylic acids is 6. The van der Waals surface area contributed by atoms with Gasteiger partial charge in [0, 0.05) is 74.3 Å². The van der Waals surface area contributed by atoms with E-state index in [1.54, 1.807) is 11.8 Å². The number of amides is 7. The van der Waals surface area contributed by atoms with Gasteiger partial charge in [0.15, 0.2) is 0 Å². The van der Waals surface area contributed by atoms with Crippen molar-refractivity contribution >= 4 is 75.1 Å². The molecular formula is C45H82N10O11S2Si. The second-order valence-electron chi connectivity index (χ2n) is 18.5. The molecule has 0 bridgehead atoms. The van der Waals surface area contributed by atoms with Crippen molar-refractivity contribution < 1.29 is 52.3 Å². The number of ether oxygens (including phenoxy) is 1. The number of fused-ring (bicyclic) bond motifs is 1. The minimum Gasteiger partial charge on any atom is -0.480 e. The van der Waals surface area contributed by atoms with Crippen molar-refractivity contribution in [3.05, 3.63) is 10.4 Å². The Kier molecular flexibility index (Phi) is 32.1. The molecule has 6 atom stereocenters. The average Bonchev–Trinajstić information content (AvgIpc) is 3.85. The Labute approximate surface area is 419 Å². The molecule has 2 aliphatic rings. The Hall–Kier alpha value is -3.80.